The van der Waals surface area contributed by atoms with Crippen molar-refractivity contribution in [3.63, 3.8) is 0 Å². The molecule has 0 fully saturated rings. The van der Waals surface area contributed by atoms with Gasteiger partial charge in [-0.05, 0) is 78.5 Å². The number of aryl methyl sites for hydroxylation is 2. The molecule has 2 aromatic carbocycles. The van der Waals surface area contributed by atoms with Crippen molar-refractivity contribution in [2.24, 2.45) is 0 Å². The summed E-state index contributed by atoms with van der Waals surface area (Å²) in [4.78, 5) is 26.3. The highest BCUT2D eigenvalue weighted by Crippen LogP contribution is 2.40. The van der Waals surface area contributed by atoms with E-state index in [1.807, 2.05) is 44.2 Å². The zero-order chi connectivity index (χ0) is 24.0. The smallest absolute Gasteiger partial charge is 0.341 e. The molecule has 1 amide bonds. The van der Waals surface area contributed by atoms with Crippen LogP contribution in [0.5, 0.6) is 5.75 Å². The van der Waals surface area contributed by atoms with Crippen molar-refractivity contribution in [2.75, 3.05) is 18.5 Å². The van der Waals surface area contributed by atoms with Crippen molar-refractivity contribution in [3.8, 4) is 16.9 Å². The average Bonchev–Trinajstić information content (AvgIpc) is 3.08. The van der Waals surface area contributed by atoms with Crippen LogP contribution >= 0.6 is 38.9 Å². The number of amides is 1. The molecule has 1 heterocycles. The Labute approximate surface area is 211 Å². The van der Waals surface area contributed by atoms with Gasteiger partial charge in [-0.15, -0.1) is 11.3 Å². The Kier molecular flexibility index (Phi) is 8.95. The normalized spacial score (nSPS) is 10.7. The predicted octanol–water partition coefficient (Wildman–Crippen LogP) is 7.42. The first kappa shape index (κ1) is 25.3. The number of hydrogen-bond acceptors (Lipinski definition) is 5. The Balaban J connectivity index is 1.70. The van der Waals surface area contributed by atoms with Crippen LogP contribution in [-0.2, 0) is 9.53 Å². The molecule has 1 aromatic heterocycles. The van der Waals surface area contributed by atoms with Crippen LogP contribution in [0.3, 0.4) is 0 Å². The average molecular weight is 551 g/mol. The third-order valence-electron chi connectivity index (χ3n) is 4.84. The first-order valence-electron chi connectivity index (χ1n) is 10.6. The van der Waals surface area contributed by atoms with Gasteiger partial charge in [0.2, 0.25) is 5.91 Å². The van der Waals surface area contributed by atoms with Crippen molar-refractivity contribution in [2.45, 2.75) is 33.6 Å². The van der Waals surface area contributed by atoms with Gasteiger partial charge in [0.15, 0.2) is 0 Å². The molecular weight excluding hydrogens is 526 g/mol. The second kappa shape index (κ2) is 11.7. The number of hydrogen-bond donors (Lipinski definition) is 1. The van der Waals surface area contributed by atoms with E-state index >= 15 is 0 Å². The number of carbonyl (C=O) groups is 2. The summed E-state index contributed by atoms with van der Waals surface area (Å²) in [5.41, 5.74) is 3.09. The second-order valence-electron chi connectivity index (χ2n) is 7.40. The Morgan fingerprint density at radius 2 is 1.85 bits per heavy atom. The van der Waals surface area contributed by atoms with Crippen molar-refractivity contribution in [3.05, 3.63) is 68.0 Å². The summed E-state index contributed by atoms with van der Waals surface area (Å²) >= 11 is 10.9. The molecule has 3 aromatic rings. The quantitative estimate of drug-likeness (QED) is 0.222. The molecule has 0 aliphatic heterocycles. The molecule has 0 radical (unpaired) electrons. The van der Waals surface area contributed by atoms with E-state index < -0.39 is 5.97 Å². The molecule has 0 bridgehead atoms. The van der Waals surface area contributed by atoms with Crippen LogP contribution in [0.1, 0.15) is 40.6 Å². The van der Waals surface area contributed by atoms with Crippen LogP contribution in [0.15, 0.2) is 46.9 Å². The lowest BCUT2D eigenvalue weighted by Gasteiger charge is -2.10. The number of thiophene rings is 1. The molecule has 1 N–H and O–H groups in total. The number of rotatable bonds is 9. The summed E-state index contributed by atoms with van der Waals surface area (Å²) in [7, 11) is 0. The summed E-state index contributed by atoms with van der Waals surface area (Å²) in [6.07, 6.45) is 0.800. The number of halogens is 2. The molecule has 0 atom stereocenters. The van der Waals surface area contributed by atoms with E-state index in [9.17, 15) is 9.59 Å². The van der Waals surface area contributed by atoms with Gasteiger partial charge in [-0.2, -0.15) is 0 Å². The SMILES string of the molecule is CCOC(=O)c1c(NC(=O)CCCOc2ccc(C)cc2Br)sc(C)c1-c1ccc(Cl)cc1. The number of benzene rings is 2. The van der Waals surface area contributed by atoms with Gasteiger partial charge >= 0.3 is 5.97 Å². The molecule has 0 saturated carbocycles. The van der Waals surface area contributed by atoms with Gasteiger partial charge in [-0.3, -0.25) is 4.79 Å². The summed E-state index contributed by atoms with van der Waals surface area (Å²) < 4.78 is 11.9. The molecular formula is C25H25BrClNO4S. The van der Waals surface area contributed by atoms with Gasteiger partial charge in [0, 0.05) is 21.9 Å². The first-order valence-corrected chi connectivity index (χ1v) is 12.5. The number of anilines is 1. The van der Waals surface area contributed by atoms with E-state index in [-0.39, 0.29) is 18.9 Å². The van der Waals surface area contributed by atoms with E-state index in [2.05, 4.69) is 21.2 Å². The van der Waals surface area contributed by atoms with Crippen LogP contribution in [0.4, 0.5) is 5.00 Å². The van der Waals surface area contributed by atoms with E-state index in [4.69, 9.17) is 21.1 Å². The summed E-state index contributed by atoms with van der Waals surface area (Å²) in [5, 5.41) is 4.00. The van der Waals surface area contributed by atoms with Crippen LogP contribution in [0.25, 0.3) is 11.1 Å². The predicted molar refractivity (Wildman–Crippen MR) is 138 cm³/mol. The maximum atomic E-state index is 12.8. The highest BCUT2D eigenvalue weighted by atomic mass is 79.9. The molecule has 0 aliphatic rings. The standard InChI is InChI=1S/C25H25BrClNO4S/c1-4-31-25(30)23-22(17-8-10-18(27)11-9-17)16(3)33-24(23)28-21(29)6-5-13-32-20-12-7-15(2)14-19(20)26/h7-12,14H,4-6,13H2,1-3H3,(H,28,29). The molecule has 0 spiro atoms. The van der Waals surface area contributed by atoms with E-state index in [0.717, 1.165) is 31.8 Å². The van der Waals surface area contributed by atoms with Crippen molar-refractivity contribution < 1.29 is 19.1 Å². The minimum Gasteiger partial charge on any atom is -0.492 e. The van der Waals surface area contributed by atoms with Gasteiger partial charge in [0.1, 0.15) is 16.3 Å². The third kappa shape index (κ3) is 6.59. The zero-order valence-corrected chi connectivity index (χ0v) is 21.8. The Bertz CT molecular complexity index is 1140. The Morgan fingerprint density at radius 1 is 1.12 bits per heavy atom. The van der Waals surface area contributed by atoms with Crippen molar-refractivity contribution in [1.82, 2.24) is 0 Å². The molecule has 0 saturated heterocycles. The topological polar surface area (TPSA) is 64.6 Å². The van der Waals surface area contributed by atoms with E-state index in [0.29, 0.717) is 28.6 Å². The molecule has 33 heavy (non-hydrogen) atoms. The summed E-state index contributed by atoms with van der Waals surface area (Å²) in [6, 6.07) is 13.1. The van der Waals surface area contributed by atoms with Crippen molar-refractivity contribution in [1.29, 1.82) is 0 Å². The number of nitrogens with one attached hydrogen (secondary N) is 1. The van der Waals surface area contributed by atoms with E-state index in [1.165, 1.54) is 11.3 Å². The van der Waals surface area contributed by atoms with Crippen molar-refractivity contribution >= 4 is 55.7 Å². The van der Waals surface area contributed by atoms with Crippen LogP contribution in [0, 0.1) is 13.8 Å². The van der Waals surface area contributed by atoms with Crippen LogP contribution in [0.2, 0.25) is 5.02 Å². The fourth-order valence-electron chi connectivity index (χ4n) is 3.32. The van der Waals surface area contributed by atoms with Gasteiger partial charge in [-0.1, -0.05) is 29.8 Å². The lowest BCUT2D eigenvalue weighted by Crippen LogP contribution is -2.15. The fourth-order valence-corrected chi connectivity index (χ4v) is 5.14. The third-order valence-corrected chi connectivity index (χ3v) is 6.74. The molecule has 8 heteroatoms. The number of carbonyl (C=O) groups excluding carboxylic acids is 2. The highest BCUT2D eigenvalue weighted by Gasteiger charge is 2.25. The maximum Gasteiger partial charge on any atom is 0.341 e. The number of ether oxygens (including phenoxy) is 2. The minimum atomic E-state index is -0.463. The largest absolute Gasteiger partial charge is 0.492 e. The molecule has 0 aliphatic carbocycles. The summed E-state index contributed by atoms with van der Waals surface area (Å²) in [5.74, 6) is 0.0952. The molecule has 3 rings (SSSR count). The monoisotopic (exact) mass is 549 g/mol. The Hall–Kier alpha value is -2.35. The maximum absolute atomic E-state index is 12.8. The van der Waals surface area contributed by atoms with Crippen LogP contribution < -0.4 is 10.1 Å². The first-order chi connectivity index (χ1) is 15.8. The Morgan fingerprint density at radius 3 is 2.52 bits per heavy atom. The molecule has 0 unspecified atom stereocenters. The van der Waals surface area contributed by atoms with Gasteiger partial charge in [-0.25, -0.2) is 4.79 Å². The van der Waals surface area contributed by atoms with Crippen LogP contribution in [-0.4, -0.2) is 25.1 Å². The minimum absolute atomic E-state index is 0.184. The lowest BCUT2D eigenvalue weighted by molar-refractivity contribution is -0.116. The van der Waals surface area contributed by atoms with Gasteiger partial charge in [0.25, 0.3) is 0 Å². The fraction of sp³-hybridized carbons (Fsp3) is 0.280. The van der Waals surface area contributed by atoms with E-state index in [1.54, 1.807) is 19.1 Å². The lowest BCUT2D eigenvalue weighted by atomic mass is 10.0. The zero-order valence-electron chi connectivity index (χ0n) is 18.7. The summed E-state index contributed by atoms with van der Waals surface area (Å²) in [6.45, 7) is 6.32. The van der Waals surface area contributed by atoms with Gasteiger partial charge in [0.05, 0.1) is 17.7 Å². The highest BCUT2D eigenvalue weighted by molar-refractivity contribution is 9.10. The second-order valence-corrected chi connectivity index (χ2v) is 9.91. The molecule has 5 nitrogen and oxygen atoms in total. The molecule has 174 valence electrons. The number of esters is 1. The van der Waals surface area contributed by atoms with Gasteiger partial charge < -0.3 is 14.8 Å².